The first-order valence-corrected chi connectivity index (χ1v) is 16.9. The number of hydrogen-bond acceptors (Lipinski definition) is 8. The third-order valence-corrected chi connectivity index (χ3v) is 11.4. The molecule has 4 saturated heterocycles. The minimum atomic E-state index is -3.85. The van der Waals surface area contributed by atoms with Gasteiger partial charge < -0.3 is 14.7 Å². The molecule has 8 rings (SSSR count). The van der Waals surface area contributed by atoms with Gasteiger partial charge in [-0.1, -0.05) is 30.3 Å². The molecule has 44 heavy (non-hydrogen) atoms. The lowest BCUT2D eigenvalue weighted by Gasteiger charge is -2.40. The van der Waals surface area contributed by atoms with E-state index in [4.69, 9.17) is 14.9 Å². The van der Waals surface area contributed by atoms with E-state index in [-0.39, 0.29) is 34.9 Å². The van der Waals surface area contributed by atoms with Crippen LogP contribution in [0.4, 0.5) is 10.2 Å². The number of hydrogen-bond donors (Lipinski definition) is 2. The zero-order valence-corrected chi connectivity index (χ0v) is 25.1. The summed E-state index contributed by atoms with van der Waals surface area (Å²) in [7, 11) is -3.85. The van der Waals surface area contributed by atoms with Gasteiger partial charge in [0.1, 0.15) is 23.7 Å². The van der Waals surface area contributed by atoms with Crippen molar-refractivity contribution in [3.8, 4) is 22.9 Å². The monoisotopic (exact) mass is 618 g/mol. The molecular formula is C32H35FN6O4S. The fraction of sp³-hybridized carbons (Fsp3) is 0.438. The molecule has 12 heteroatoms. The van der Waals surface area contributed by atoms with E-state index in [1.807, 2.05) is 35.2 Å². The van der Waals surface area contributed by atoms with E-state index in [0.717, 1.165) is 49.5 Å². The van der Waals surface area contributed by atoms with E-state index in [2.05, 4.69) is 9.88 Å². The van der Waals surface area contributed by atoms with Gasteiger partial charge in [-0.25, -0.2) is 9.53 Å². The van der Waals surface area contributed by atoms with Crippen molar-refractivity contribution in [1.29, 1.82) is 0 Å². The van der Waals surface area contributed by atoms with Gasteiger partial charge in [-0.2, -0.15) is 22.7 Å². The molecule has 10 nitrogen and oxygen atoms in total. The van der Waals surface area contributed by atoms with Crippen LogP contribution in [0.15, 0.2) is 48.5 Å². The highest BCUT2D eigenvalue weighted by Gasteiger charge is 2.47. The predicted octanol–water partition coefficient (Wildman–Crippen LogP) is 4.16. The minimum Gasteiger partial charge on any atom is -0.508 e. The van der Waals surface area contributed by atoms with E-state index in [1.54, 1.807) is 18.2 Å². The molecule has 3 aromatic carbocycles. The van der Waals surface area contributed by atoms with Crippen molar-refractivity contribution >= 4 is 37.7 Å². The highest BCUT2D eigenvalue weighted by Crippen LogP contribution is 2.42. The molecule has 2 atom stereocenters. The first kappa shape index (κ1) is 27.9. The Labute approximate surface area is 255 Å². The van der Waals surface area contributed by atoms with Gasteiger partial charge >= 0.3 is 6.01 Å². The summed E-state index contributed by atoms with van der Waals surface area (Å²) in [6.07, 6.45) is 5.75. The zero-order chi connectivity index (χ0) is 30.2. The van der Waals surface area contributed by atoms with Gasteiger partial charge in [0, 0.05) is 36.1 Å². The number of anilines is 1. The summed E-state index contributed by atoms with van der Waals surface area (Å²) in [6, 6.07) is 13.8. The van der Waals surface area contributed by atoms with Gasteiger partial charge in [-0.15, -0.1) is 0 Å². The Bertz CT molecular complexity index is 1880. The fourth-order valence-corrected chi connectivity index (χ4v) is 9.44. The maximum absolute atomic E-state index is 16.7. The van der Waals surface area contributed by atoms with Crippen LogP contribution in [-0.2, 0) is 10.2 Å². The number of fused-ring (bicyclic) bond motifs is 5. The molecule has 1 aromatic heterocycles. The van der Waals surface area contributed by atoms with Crippen molar-refractivity contribution < 1.29 is 22.7 Å². The zero-order valence-electron chi connectivity index (χ0n) is 24.3. The standard InChI is InChI=1S/C32H35FN6O4S/c33-28-25(27-16-23(40)15-20-5-1-2-6-24(20)27)9-10-26-29(28)35-31(43-19-32-11-3-13-38(32)14-4-12-32)36-30(26)37-17-21-7-8-22(18-37)39(21)44(34,41)42/h1-2,5-6,9-10,15-16,21-22,40H,3-4,7-8,11-14,17-19H2,(H2,34,41,42). The van der Waals surface area contributed by atoms with Gasteiger partial charge in [-0.3, -0.25) is 4.90 Å². The van der Waals surface area contributed by atoms with Crippen molar-refractivity contribution in [2.75, 3.05) is 37.7 Å². The van der Waals surface area contributed by atoms with Crippen molar-refractivity contribution in [2.24, 2.45) is 5.14 Å². The van der Waals surface area contributed by atoms with Crippen LogP contribution in [-0.4, -0.2) is 83.1 Å². The number of phenols is 1. The quantitative estimate of drug-likeness (QED) is 0.330. The van der Waals surface area contributed by atoms with Crippen molar-refractivity contribution in [1.82, 2.24) is 19.2 Å². The second-order valence-electron chi connectivity index (χ2n) is 12.7. The molecule has 4 aromatic rings. The number of nitrogens with two attached hydrogens (primary N) is 1. The summed E-state index contributed by atoms with van der Waals surface area (Å²) in [6.45, 7) is 3.31. The lowest BCUT2D eigenvalue weighted by Crippen LogP contribution is -2.57. The molecule has 230 valence electrons. The van der Waals surface area contributed by atoms with Crippen molar-refractivity contribution in [2.45, 2.75) is 56.1 Å². The van der Waals surface area contributed by atoms with Crippen LogP contribution in [0.1, 0.15) is 38.5 Å². The number of halogens is 1. The van der Waals surface area contributed by atoms with E-state index < -0.39 is 16.0 Å². The normalized spacial score (nSPS) is 23.5. The molecular weight excluding hydrogens is 583 g/mol. The highest BCUT2D eigenvalue weighted by molar-refractivity contribution is 7.86. The Hall–Kier alpha value is -3.58. The van der Waals surface area contributed by atoms with Gasteiger partial charge in [0.2, 0.25) is 0 Å². The van der Waals surface area contributed by atoms with Gasteiger partial charge in [0.25, 0.3) is 10.2 Å². The number of rotatable bonds is 6. The van der Waals surface area contributed by atoms with Crippen molar-refractivity contribution in [3.05, 3.63) is 54.3 Å². The molecule has 2 unspecified atom stereocenters. The second-order valence-corrected chi connectivity index (χ2v) is 14.2. The number of aromatic hydroxyl groups is 1. The molecule has 5 heterocycles. The second kappa shape index (κ2) is 10.2. The topological polar surface area (TPSA) is 125 Å². The number of benzene rings is 3. The first-order chi connectivity index (χ1) is 21.2. The molecule has 4 aliphatic heterocycles. The van der Waals surface area contributed by atoms with E-state index in [1.165, 1.54) is 4.31 Å². The number of ether oxygens (including phenoxy) is 1. The summed E-state index contributed by atoms with van der Waals surface area (Å²) in [5.74, 6) is 0.0412. The number of phenolic OH excluding ortho intramolecular Hbond substituents is 1. The molecule has 0 saturated carbocycles. The SMILES string of the molecule is NS(=O)(=O)N1C2CCC1CN(c1nc(OCC34CCCN3CCC4)nc3c(F)c(-c4cc(O)cc5ccccc45)ccc13)C2. The lowest BCUT2D eigenvalue weighted by atomic mass is 9.95. The third-order valence-electron chi connectivity index (χ3n) is 10.2. The van der Waals surface area contributed by atoms with E-state index >= 15 is 4.39 Å². The Morgan fingerprint density at radius 2 is 1.70 bits per heavy atom. The van der Waals surface area contributed by atoms with Crippen LogP contribution in [0, 0.1) is 5.82 Å². The number of piperazine rings is 1. The summed E-state index contributed by atoms with van der Waals surface area (Å²) < 4.78 is 49.2. The maximum Gasteiger partial charge on any atom is 0.319 e. The summed E-state index contributed by atoms with van der Waals surface area (Å²) >= 11 is 0. The number of aromatic nitrogens is 2. The molecule has 0 spiro atoms. The van der Waals surface area contributed by atoms with Crippen LogP contribution in [0.3, 0.4) is 0 Å². The molecule has 0 amide bonds. The molecule has 2 bridgehead atoms. The van der Waals surface area contributed by atoms with Gasteiger partial charge in [0.05, 0.1) is 5.54 Å². The van der Waals surface area contributed by atoms with Gasteiger partial charge in [0.15, 0.2) is 5.82 Å². The minimum absolute atomic E-state index is 0.0421. The fourth-order valence-electron chi connectivity index (χ4n) is 8.27. The smallest absolute Gasteiger partial charge is 0.319 e. The lowest BCUT2D eigenvalue weighted by molar-refractivity contribution is 0.108. The van der Waals surface area contributed by atoms with Crippen molar-refractivity contribution in [3.63, 3.8) is 0 Å². The molecule has 4 fully saturated rings. The Balaban J connectivity index is 1.24. The van der Waals surface area contributed by atoms with Crippen LogP contribution < -0.4 is 14.8 Å². The molecule has 0 radical (unpaired) electrons. The summed E-state index contributed by atoms with van der Waals surface area (Å²) in [5.41, 5.74) is 0.965. The molecule has 3 N–H and O–H groups in total. The molecule has 0 aliphatic carbocycles. The predicted molar refractivity (Wildman–Crippen MR) is 166 cm³/mol. The largest absolute Gasteiger partial charge is 0.508 e. The van der Waals surface area contributed by atoms with Crippen LogP contribution in [0.25, 0.3) is 32.8 Å². The van der Waals surface area contributed by atoms with Crippen LogP contribution >= 0.6 is 0 Å². The maximum atomic E-state index is 16.7. The molecule has 4 aliphatic rings. The Morgan fingerprint density at radius 1 is 0.977 bits per heavy atom. The number of nitrogens with zero attached hydrogens (tertiary/aromatic N) is 5. The first-order valence-electron chi connectivity index (χ1n) is 15.4. The summed E-state index contributed by atoms with van der Waals surface area (Å²) in [4.78, 5) is 14.0. The summed E-state index contributed by atoms with van der Waals surface area (Å²) in [5, 5.41) is 18.2. The van der Waals surface area contributed by atoms with Crippen LogP contribution in [0.2, 0.25) is 0 Å². The van der Waals surface area contributed by atoms with E-state index in [0.29, 0.717) is 54.9 Å². The average molecular weight is 619 g/mol. The average Bonchev–Trinajstić information content (AvgIpc) is 3.66. The Morgan fingerprint density at radius 3 is 2.43 bits per heavy atom. The van der Waals surface area contributed by atoms with Crippen LogP contribution in [0.5, 0.6) is 11.8 Å². The third kappa shape index (κ3) is 4.49. The van der Waals surface area contributed by atoms with E-state index in [9.17, 15) is 13.5 Å². The van der Waals surface area contributed by atoms with Gasteiger partial charge in [-0.05, 0) is 86.1 Å². The highest BCUT2D eigenvalue weighted by atomic mass is 32.2. The Kier molecular flexibility index (Phi) is 6.49.